The Bertz CT molecular complexity index is 655. The molecule has 2 rings (SSSR count). The van der Waals surface area contributed by atoms with Crippen molar-refractivity contribution >= 4 is 21.8 Å². The van der Waals surface area contributed by atoms with E-state index in [1.807, 2.05) is 0 Å². The number of nitrogens with one attached hydrogen (secondary N) is 2. The molecule has 1 saturated heterocycles. The maximum Gasteiger partial charge on any atom is 0.244 e. The predicted molar refractivity (Wildman–Crippen MR) is 82.8 cm³/mol. The number of amides is 2. The Balaban J connectivity index is 1.91. The molecule has 0 aliphatic carbocycles. The highest BCUT2D eigenvalue weighted by Gasteiger charge is 2.32. The van der Waals surface area contributed by atoms with Crippen LogP contribution in [0.15, 0.2) is 29.4 Å². The minimum absolute atomic E-state index is 0.0659. The van der Waals surface area contributed by atoms with Crippen LogP contribution in [0.4, 0.5) is 0 Å². The van der Waals surface area contributed by atoms with Gasteiger partial charge in [-0.3, -0.25) is 14.6 Å². The molecule has 1 aliphatic rings. The summed E-state index contributed by atoms with van der Waals surface area (Å²) in [5, 5.41) is 4.98. The number of aromatic nitrogens is 1. The molecule has 1 aliphatic heterocycles. The molecule has 126 valence electrons. The summed E-state index contributed by atoms with van der Waals surface area (Å²) < 4.78 is 26.3. The Morgan fingerprint density at radius 2 is 2.04 bits per heavy atom. The Hall–Kier alpha value is -2.00. The molecule has 8 nitrogen and oxygen atoms in total. The molecule has 0 radical (unpaired) electrons. The molecule has 1 aromatic rings. The van der Waals surface area contributed by atoms with Crippen molar-refractivity contribution in [3.05, 3.63) is 24.5 Å². The fourth-order valence-electron chi connectivity index (χ4n) is 2.41. The summed E-state index contributed by atoms with van der Waals surface area (Å²) in [7, 11) is -2.07. The number of nitrogens with zero attached hydrogens (tertiary/aromatic N) is 2. The lowest BCUT2D eigenvalue weighted by atomic mass is 9.97. The van der Waals surface area contributed by atoms with Gasteiger partial charge in [-0.1, -0.05) is 0 Å². The van der Waals surface area contributed by atoms with Crippen LogP contribution >= 0.6 is 0 Å². The van der Waals surface area contributed by atoms with E-state index in [9.17, 15) is 18.0 Å². The number of sulfonamides is 1. The highest BCUT2D eigenvalue weighted by Crippen LogP contribution is 2.23. The summed E-state index contributed by atoms with van der Waals surface area (Å²) >= 11 is 0. The standard InChI is InChI=1S/C14H20N4O4S/c1-15-13(19)10-17-14(20)11-4-7-18(8-5-11)23(21,22)12-3-2-6-16-9-12/h2-3,6,9,11H,4-5,7-8,10H2,1H3,(H,15,19)(H,17,20). The van der Waals surface area contributed by atoms with Gasteiger partial charge in [-0.15, -0.1) is 0 Å². The number of carbonyl (C=O) groups is 2. The number of hydrogen-bond donors (Lipinski definition) is 2. The quantitative estimate of drug-likeness (QED) is 0.740. The molecule has 23 heavy (non-hydrogen) atoms. The molecule has 0 saturated carbocycles. The van der Waals surface area contributed by atoms with Crippen LogP contribution in [-0.2, 0) is 19.6 Å². The molecule has 0 aromatic carbocycles. The minimum Gasteiger partial charge on any atom is -0.358 e. The van der Waals surface area contributed by atoms with Gasteiger partial charge in [-0.05, 0) is 25.0 Å². The van der Waals surface area contributed by atoms with Crippen LogP contribution in [0.3, 0.4) is 0 Å². The van der Waals surface area contributed by atoms with Crippen LogP contribution in [-0.4, -0.2) is 56.2 Å². The summed E-state index contributed by atoms with van der Waals surface area (Å²) in [5.74, 6) is -0.762. The lowest BCUT2D eigenvalue weighted by molar-refractivity contribution is -0.129. The lowest BCUT2D eigenvalue weighted by Crippen LogP contribution is -2.44. The average molecular weight is 340 g/mol. The molecule has 0 spiro atoms. The summed E-state index contributed by atoms with van der Waals surface area (Å²) in [6.07, 6.45) is 3.69. The molecule has 2 amide bonds. The van der Waals surface area contributed by atoms with Crippen LogP contribution in [0.2, 0.25) is 0 Å². The zero-order valence-corrected chi connectivity index (χ0v) is 13.7. The number of likely N-dealkylation sites (N-methyl/N-ethyl adjacent to an activating group) is 1. The fraction of sp³-hybridized carbons (Fsp3) is 0.500. The van der Waals surface area contributed by atoms with E-state index in [4.69, 9.17) is 0 Å². The van der Waals surface area contributed by atoms with Crippen molar-refractivity contribution in [3.63, 3.8) is 0 Å². The third kappa shape index (κ3) is 4.26. The molecular formula is C14H20N4O4S. The topological polar surface area (TPSA) is 108 Å². The van der Waals surface area contributed by atoms with Crippen LogP contribution < -0.4 is 10.6 Å². The summed E-state index contributed by atoms with van der Waals surface area (Å²) in [5.41, 5.74) is 0. The maximum absolute atomic E-state index is 12.5. The van der Waals surface area contributed by atoms with E-state index >= 15 is 0 Å². The molecular weight excluding hydrogens is 320 g/mol. The molecule has 2 N–H and O–H groups in total. The largest absolute Gasteiger partial charge is 0.358 e. The van der Waals surface area contributed by atoms with E-state index in [1.54, 1.807) is 6.07 Å². The lowest BCUT2D eigenvalue weighted by Gasteiger charge is -2.30. The fourth-order valence-corrected chi connectivity index (χ4v) is 3.84. The van der Waals surface area contributed by atoms with E-state index in [0.29, 0.717) is 12.8 Å². The second-order valence-corrected chi connectivity index (χ2v) is 7.20. The molecule has 1 aromatic heterocycles. The molecule has 0 atom stereocenters. The monoisotopic (exact) mass is 340 g/mol. The van der Waals surface area contributed by atoms with E-state index < -0.39 is 10.0 Å². The van der Waals surface area contributed by atoms with Crippen molar-refractivity contribution in [3.8, 4) is 0 Å². The van der Waals surface area contributed by atoms with Crippen LogP contribution in [0.25, 0.3) is 0 Å². The zero-order chi connectivity index (χ0) is 16.9. The SMILES string of the molecule is CNC(=O)CNC(=O)C1CCN(S(=O)(=O)c2cccnc2)CC1. The van der Waals surface area contributed by atoms with Gasteiger partial charge in [-0.2, -0.15) is 4.31 Å². The molecule has 1 fully saturated rings. The first kappa shape index (κ1) is 17.4. The van der Waals surface area contributed by atoms with Crippen LogP contribution in [0, 0.1) is 5.92 Å². The van der Waals surface area contributed by atoms with Gasteiger partial charge in [0.1, 0.15) is 4.90 Å². The van der Waals surface area contributed by atoms with Crippen molar-refractivity contribution in [2.45, 2.75) is 17.7 Å². The number of piperidine rings is 1. The van der Waals surface area contributed by atoms with Gasteiger partial charge >= 0.3 is 0 Å². The third-order valence-corrected chi connectivity index (χ3v) is 5.68. The highest BCUT2D eigenvalue weighted by molar-refractivity contribution is 7.89. The van der Waals surface area contributed by atoms with E-state index in [2.05, 4.69) is 15.6 Å². The second kappa shape index (κ2) is 7.51. The number of carbonyl (C=O) groups excluding carboxylic acids is 2. The van der Waals surface area contributed by atoms with E-state index in [0.717, 1.165) is 0 Å². The highest BCUT2D eigenvalue weighted by atomic mass is 32.2. The van der Waals surface area contributed by atoms with Crippen molar-refractivity contribution in [2.75, 3.05) is 26.7 Å². The first-order chi connectivity index (χ1) is 10.9. The van der Waals surface area contributed by atoms with Crippen LogP contribution in [0.1, 0.15) is 12.8 Å². The van der Waals surface area contributed by atoms with Gasteiger partial charge < -0.3 is 10.6 Å². The van der Waals surface area contributed by atoms with Gasteiger partial charge in [0.2, 0.25) is 21.8 Å². The summed E-state index contributed by atoms with van der Waals surface area (Å²) in [6.45, 7) is 0.480. The first-order valence-corrected chi connectivity index (χ1v) is 8.77. The normalized spacial score (nSPS) is 16.7. The van der Waals surface area contributed by atoms with Gasteiger partial charge in [-0.25, -0.2) is 8.42 Å². The molecule has 2 heterocycles. The summed E-state index contributed by atoms with van der Waals surface area (Å²) in [4.78, 5) is 27.1. The van der Waals surface area contributed by atoms with Gasteiger partial charge in [0, 0.05) is 38.4 Å². The smallest absolute Gasteiger partial charge is 0.244 e. The molecule has 9 heteroatoms. The number of pyridine rings is 1. The Labute approximate surface area is 135 Å². The van der Waals surface area contributed by atoms with Crippen molar-refractivity contribution < 1.29 is 18.0 Å². The average Bonchev–Trinajstić information content (AvgIpc) is 2.60. The Morgan fingerprint density at radius 1 is 1.35 bits per heavy atom. The van der Waals surface area contributed by atoms with E-state index in [-0.39, 0.29) is 42.3 Å². The van der Waals surface area contributed by atoms with Crippen molar-refractivity contribution in [2.24, 2.45) is 5.92 Å². The zero-order valence-electron chi connectivity index (χ0n) is 12.9. The van der Waals surface area contributed by atoms with E-state index in [1.165, 1.54) is 29.8 Å². The van der Waals surface area contributed by atoms with Gasteiger partial charge in [0.25, 0.3) is 0 Å². The van der Waals surface area contributed by atoms with Crippen LogP contribution in [0.5, 0.6) is 0 Å². The predicted octanol–water partition coefficient (Wildman–Crippen LogP) is -0.655. The Kier molecular flexibility index (Phi) is 5.67. The van der Waals surface area contributed by atoms with Gasteiger partial charge in [0.05, 0.1) is 6.54 Å². The van der Waals surface area contributed by atoms with Crippen molar-refractivity contribution in [1.82, 2.24) is 19.9 Å². The molecule has 0 bridgehead atoms. The Morgan fingerprint density at radius 3 is 2.61 bits per heavy atom. The summed E-state index contributed by atoms with van der Waals surface area (Å²) in [6, 6.07) is 3.08. The third-order valence-electron chi connectivity index (χ3n) is 3.80. The van der Waals surface area contributed by atoms with Crippen molar-refractivity contribution in [1.29, 1.82) is 0 Å². The number of rotatable bonds is 5. The minimum atomic E-state index is -3.57. The van der Waals surface area contributed by atoms with Gasteiger partial charge in [0.15, 0.2) is 0 Å². The first-order valence-electron chi connectivity index (χ1n) is 7.33. The molecule has 0 unspecified atom stereocenters. The number of hydrogen-bond acceptors (Lipinski definition) is 5. The maximum atomic E-state index is 12.5. The second-order valence-electron chi connectivity index (χ2n) is 5.26.